The maximum absolute atomic E-state index is 5.15. The van der Waals surface area contributed by atoms with E-state index in [1.807, 2.05) is 12.1 Å². The number of fused-ring (bicyclic) bond motifs is 1. The Morgan fingerprint density at radius 2 is 0.915 bits per heavy atom. The average Bonchev–Trinajstić information content (AvgIpc) is 3.54. The van der Waals surface area contributed by atoms with Gasteiger partial charge < -0.3 is 0 Å². The quantitative estimate of drug-likeness (QED) is 0.181. The minimum Gasteiger partial charge on any atom is -0.296 e. The maximum Gasteiger partial charge on any atom is 0.114 e. The SMILES string of the molecule is CCc1nc2ccccc2n1-c1ccc(-c2cccc(-c3cccc(-c4cc(-c5ccccc5)cc(-c5ccccc5)n4)c3)c2)cc1. The molecule has 0 atom stereocenters. The molecule has 0 aliphatic rings. The third-order valence-electron chi connectivity index (χ3n) is 8.76. The number of aromatic nitrogens is 3. The smallest absolute Gasteiger partial charge is 0.114 e. The van der Waals surface area contributed by atoms with Crippen molar-refractivity contribution >= 4 is 11.0 Å². The van der Waals surface area contributed by atoms with Crippen LogP contribution in [0.15, 0.2) is 170 Å². The number of para-hydroxylation sites is 2. The summed E-state index contributed by atoms with van der Waals surface area (Å²) in [4.78, 5) is 10.0. The first-order valence-electron chi connectivity index (χ1n) is 16.1. The number of benzene rings is 6. The standard InChI is InChI=1S/C44H33N3/c1-2-44-46-40-21-9-10-22-43(40)47(44)39-25-23-32(24-26-39)34-17-11-18-35(27-34)36-19-12-20-37(28-36)42-30-38(31-13-5-3-6-14-31)29-41(45-42)33-15-7-4-8-16-33/h3-30H,2H2,1H3. The van der Waals surface area contributed by atoms with Gasteiger partial charge in [-0.05, 0) is 81.9 Å². The van der Waals surface area contributed by atoms with Crippen LogP contribution < -0.4 is 0 Å². The van der Waals surface area contributed by atoms with Crippen molar-refractivity contribution < 1.29 is 0 Å². The summed E-state index contributed by atoms with van der Waals surface area (Å²) in [6, 6.07) is 60.0. The fourth-order valence-corrected chi connectivity index (χ4v) is 6.37. The van der Waals surface area contributed by atoms with Crippen LogP contribution in [-0.2, 0) is 6.42 Å². The number of imidazole rings is 1. The third-order valence-corrected chi connectivity index (χ3v) is 8.76. The summed E-state index contributed by atoms with van der Waals surface area (Å²) >= 11 is 0. The van der Waals surface area contributed by atoms with Crippen LogP contribution >= 0.6 is 0 Å². The molecule has 0 radical (unpaired) electrons. The predicted octanol–water partition coefficient (Wildman–Crippen LogP) is 11.3. The molecule has 0 amide bonds. The van der Waals surface area contributed by atoms with E-state index < -0.39 is 0 Å². The Hall–Kier alpha value is -6.06. The molecule has 0 aliphatic carbocycles. The van der Waals surface area contributed by atoms with Gasteiger partial charge in [0.15, 0.2) is 0 Å². The molecule has 8 aromatic rings. The van der Waals surface area contributed by atoms with Crippen LogP contribution in [0.4, 0.5) is 0 Å². The molecule has 3 heteroatoms. The van der Waals surface area contributed by atoms with Gasteiger partial charge in [-0.15, -0.1) is 0 Å². The molecule has 2 heterocycles. The average molecular weight is 604 g/mol. The predicted molar refractivity (Wildman–Crippen MR) is 195 cm³/mol. The highest BCUT2D eigenvalue weighted by Crippen LogP contribution is 2.33. The van der Waals surface area contributed by atoms with Crippen molar-refractivity contribution in [3.8, 4) is 61.6 Å². The van der Waals surface area contributed by atoms with Crippen LogP contribution in [-0.4, -0.2) is 14.5 Å². The summed E-state index contributed by atoms with van der Waals surface area (Å²) in [6.45, 7) is 2.16. The summed E-state index contributed by atoms with van der Waals surface area (Å²) in [5.41, 5.74) is 14.4. The lowest BCUT2D eigenvalue weighted by Gasteiger charge is -2.12. The largest absolute Gasteiger partial charge is 0.296 e. The van der Waals surface area contributed by atoms with Gasteiger partial charge in [-0.3, -0.25) is 4.57 Å². The molecular weight excluding hydrogens is 571 g/mol. The molecule has 0 saturated carbocycles. The van der Waals surface area contributed by atoms with Crippen LogP contribution in [0, 0.1) is 0 Å². The van der Waals surface area contributed by atoms with Gasteiger partial charge >= 0.3 is 0 Å². The van der Waals surface area contributed by atoms with E-state index in [9.17, 15) is 0 Å². The number of hydrogen-bond acceptors (Lipinski definition) is 2. The molecule has 0 aliphatic heterocycles. The fourth-order valence-electron chi connectivity index (χ4n) is 6.37. The fraction of sp³-hybridized carbons (Fsp3) is 0.0455. The molecule has 0 N–H and O–H groups in total. The molecule has 0 bridgehead atoms. The van der Waals surface area contributed by atoms with Gasteiger partial charge in [0.1, 0.15) is 5.82 Å². The Labute approximate surface area is 275 Å². The van der Waals surface area contributed by atoms with E-state index in [-0.39, 0.29) is 0 Å². The zero-order valence-corrected chi connectivity index (χ0v) is 26.2. The Morgan fingerprint density at radius 3 is 1.60 bits per heavy atom. The maximum atomic E-state index is 5.15. The summed E-state index contributed by atoms with van der Waals surface area (Å²) < 4.78 is 2.27. The van der Waals surface area contributed by atoms with Crippen molar-refractivity contribution in [2.75, 3.05) is 0 Å². The molecule has 2 aromatic heterocycles. The zero-order valence-electron chi connectivity index (χ0n) is 26.2. The molecule has 0 spiro atoms. The Morgan fingerprint density at radius 1 is 0.404 bits per heavy atom. The zero-order chi connectivity index (χ0) is 31.6. The molecule has 224 valence electrons. The lowest BCUT2D eigenvalue weighted by atomic mass is 9.96. The van der Waals surface area contributed by atoms with E-state index in [1.165, 1.54) is 22.3 Å². The van der Waals surface area contributed by atoms with Crippen LogP contribution in [0.1, 0.15) is 12.7 Å². The van der Waals surface area contributed by atoms with E-state index in [0.29, 0.717) is 0 Å². The highest BCUT2D eigenvalue weighted by atomic mass is 15.1. The van der Waals surface area contributed by atoms with Crippen LogP contribution in [0.25, 0.3) is 72.6 Å². The Bertz CT molecular complexity index is 2260. The second kappa shape index (κ2) is 12.4. The summed E-state index contributed by atoms with van der Waals surface area (Å²) in [5.74, 6) is 1.07. The summed E-state index contributed by atoms with van der Waals surface area (Å²) in [5, 5.41) is 0. The molecule has 0 unspecified atom stereocenters. The van der Waals surface area contributed by atoms with Gasteiger partial charge in [-0.2, -0.15) is 0 Å². The molecule has 47 heavy (non-hydrogen) atoms. The van der Waals surface area contributed by atoms with Crippen LogP contribution in [0.3, 0.4) is 0 Å². The van der Waals surface area contributed by atoms with E-state index in [2.05, 4.69) is 169 Å². The van der Waals surface area contributed by atoms with Gasteiger partial charge in [-0.25, -0.2) is 9.97 Å². The second-order valence-electron chi connectivity index (χ2n) is 11.8. The molecule has 8 rings (SSSR count). The van der Waals surface area contributed by atoms with Gasteiger partial charge in [0.25, 0.3) is 0 Å². The minimum absolute atomic E-state index is 0.872. The van der Waals surface area contributed by atoms with Gasteiger partial charge in [-0.1, -0.05) is 128 Å². The second-order valence-corrected chi connectivity index (χ2v) is 11.8. The number of aryl methyl sites for hydroxylation is 1. The van der Waals surface area contributed by atoms with Crippen molar-refractivity contribution in [2.45, 2.75) is 13.3 Å². The Balaban J connectivity index is 1.14. The van der Waals surface area contributed by atoms with Crippen molar-refractivity contribution in [3.05, 3.63) is 176 Å². The highest BCUT2D eigenvalue weighted by Gasteiger charge is 2.13. The first kappa shape index (κ1) is 28.4. The van der Waals surface area contributed by atoms with Gasteiger partial charge in [0.05, 0.1) is 22.4 Å². The number of rotatable bonds is 7. The van der Waals surface area contributed by atoms with Crippen molar-refractivity contribution in [2.24, 2.45) is 0 Å². The first-order chi connectivity index (χ1) is 23.2. The van der Waals surface area contributed by atoms with E-state index >= 15 is 0 Å². The highest BCUT2D eigenvalue weighted by molar-refractivity contribution is 5.81. The van der Waals surface area contributed by atoms with E-state index in [1.54, 1.807) is 0 Å². The van der Waals surface area contributed by atoms with E-state index in [4.69, 9.17) is 9.97 Å². The molecule has 0 saturated heterocycles. The molecule has 6 aromatic carbocycles. The topological polar surface area (TPSA) is 30.7 Å². The van der Waals surface area contributed by atoms with Gasteiger partial charge in [0, 0.05) is 23.2 Å². The molecular formula is C44H33N3. The van der Waals surface area contributed by atoms with Crippen molar-refractivity contribution in [1.82, 2.24) is 14.5 Å². The summed E-state index contributed by atoms with van der Waals surface area (Å²) in [6.07, 6.45) is 0.872. The molecule has 0 fully saturated rings. The normalized spacial score (nSPS) is 11.2. The number of nitrogens with zero attached hydrogens (tertiary/aromatic N) is 3. The lowest BCUT2D eigenvalue weighted by Crippen LogP contribution is -1.99. The summed E-state index contributed by atoms with van der Waals surface area (Å²) in [7, 11) is 0. The molecule has 3 nitrogen and oxygen atoms in total. The van der Waals surface area contributed by atoms with Gasteiger partial charge in [0.2, 0.25) is 0 Å². The van der Waals surface area contributed by atoms with E-state index in [0.717, 1.165) is 62.6 Å². The third kappa shape index (κ3) is 5.64. The van der Waals surface area contributed by atoms with Crippen molar-refractivity contribution in [3.63, 3.8) is 0 Å². The monoisotopic (exact) mass is 603 g/mol. The lowest BCUT2D eigenvalue weighted by molar-refractivity contribution is 0.908. The number of hydrogen-bond donors (Lipinski definition) is 0. The Kier molecular flexibility index (Phi) is 7.49. The van der Waals surface area contributed by atoms with Crippen LogP contribution in [0.2, 0.25) is 0 Å². The number of pyridine rings is 1. The van der Waals surface area contributed by atoms with Crippen LogP contribution in [0.5, 0.6) is 0 Å². The minimum atomic E-state index is 0.872. The van der Waals surface area contributed by atoms with Crippen molar-refractivity contribution in [1.29, 1.82) is 0 Å². The first-order valence-corrected chi connectivity index (χ1v) is 16.1.